The van der Waals surface area contributed by atoms with Gasteiger partial charge in [-0.15, -0.1) is 18.3 Å². The molecule has 8 atom stereocenters. The Morgan fingerprint density at radius 1 is 1.09 bits per heavy atom. The summed E-state index contributed by atoms with van der Waals surface area (Å²) in [5.41, 5.74) is -1.48. The van der Waals surface area contributed by atoms with Crippen LogP contribution in [0.5, 0.6) is 0 Å². The fourth-order valence-corrected chi connectivity index (χ4v) is 9.83. The number of Topliss-reactive ketones (excluding diaryl/α,β-unsaturated/α-hetero) is 1. The van der Waals surface area contributed by atoms with Crippen molar-refractivity contribution >= 4 is 35.5 Å². The molecular weight excluding hydrogens is 592 g/mol. The molecule has 2 amide bonds. The van der Waals surface area contributed by atoms with Gasteiger partial charge >= 0.3 is 12.1 Å². The molecular formula is C35H56N2O7S. The lowest BCUT2D eigenvalue weighted by Crippen LogP contribution is -2.58. The normalized spacial score (nSPS) is 38.2. The zero-order valence-corrected chi connectivity index (χ0v) is 29.0. The second kappa shape index (κ2) is 14.4. The third-order valence-corrected chi connectivity index (χ3v) is 12.7. The van der Waals surface area contributed by atoms with Gasteiger partial charge in [-0.1, -0.05) is 26.8 Å². The van der Waals surface area contributed by atoms with Gasteiger partial charge in [0.1, 0.15) is 17.5 Å². The Bertz CT molecular complexity index is 1120. The van der Waals surface area contributed by atoms with Gasteiger partial charge in [0.2, 0.25) is 5.91 Å². The fourth-order valence-electron chi connectivity index (χ4n) is 8.78. The number of thioether (sulfide) groups is 1. The second-order valence-electron chi connectivity index (χ2n) is 15.6. The van der Waals surface area contributed by atoms with Crippen molar-refractivity contribution in [2.45, 2.75) is 122 Å². The predicted molar refractivity (Wildman–Crippen MR) is 175 cm³/mol. The smallest absolute Gasteiger partial charge is 0.408 e. The lowest BCUT2D eigenvalue weighted by molar-refractivity contribution is -0.179. The molecule has 0 radical (unpaired) electrons. The minimum absolute atomic E-state index is 0.0310. The molecule has 3 N–H and O–H groups in total. The van der Waals surface area contributed by atoms with Crippen molar-refractivity contribution in [3.05, 3.63) is 12.7 Å². The number of ether oxygens (including phenoxy) is 2. The molecule has 0 heterocycles. The summed E-state index contributed by atoms with van der Waals surface area (Å²) in [6, 6.07) is 0. The molecule has 4 aliphatic rings. The summed E-state index contributed by atoms with van der Waals surface area (Å²) in [7, 11) is 0. The number of carbonyl (C=O) groups is 4. The molecule has 4 fully saturated rings. The molecule has 2 unspecified atom stereocenters. The Hall–Kier alpha value is -2.07. The number of carbonyl (C=O) groups excluding carboxylic acids is 4. The zero-order valence-electron chi connectivity index (χ0n) is 28.2. The molecule has 0 aromatic heterocycles. The number of hydrogen-bond donors (Lipinski definition) is 3. The summed E-state index contributed by atoms with van der Waals surface area (Å²) in [4.78, 5) is 50.7. The molecule has 4 rings (SSSR count). The molecule has 0 aliphatic heterocycles. The number of ketones is 1. The highest BCUT2D eigenvalue weighted by atomic mass is 32.2. The summed E-state index contributed by atoms with van der Waals surface area (Å²) in [5.74, 6) is 0.414. The van der Waals surface area contributed by atoms with Crippen molar-refractivity contribution in [2.75, 3.05) is 18.8 Å². The average molecular weight is 649 g/mol. The van der Waals surface area contributed by atoms with Crippen LogP contribution in [0.25, 0.3) is 0 Å². The van der Waals surface area contributed by atoms with E-state index in [0.29, 0.717) is 30.6 Å². The number of amides is 2. The minimum atomic E-state index is -0.658. The van der Waals surface area contributed by atoms with Crippen LogP contribution in [0, 0.1) is 40.4 Å². The van der Waals surface area contributed by atoms with Gasteiger partial charge in [0.05, 0.1) is 18.4 Å². The molecule has 4 saturated carbocycles. The fraction of sp³-hybridized carbons (Fsp3) is 0.829. The minimum Gasteiger partial charge on any atom is -0.461 e. The molecule has 2 bridgehead atoms. The first-order chi connectivity index (χ1) is 21.1. The van der Waals surface area contributed by atoms with E-state index >= 15 is 0 Å². The van der Waals surface area contributed by atoms with Crippen molar-refractivity contribution in [3.8, 4) is 0 Å². The lowest BCUT2D eigenvalue weighted by atomic mass is 9.49. The van der Waals surface area contributed by atoms with Crippen LogP contribution in [0.4, 0.5) is 4.79 Å². The maximum atomic E-state index is 13.4. The number of rotatable bonds is 9. The largest absolute Gasteiger partial charge is 0.461 e. The molecule has 4 aliphatic carbocycles. The predicted octanol–water partition coefficient (Wildman–Crippen LogP) is 5.44. The number of nitrogens with one attached hydrogen (secondary N) is 2. The Morgan fingerprint density at radius 2 is 1.78 bits per heavy atom. The maximum absolute atomic E-state index is 13.4. The van der Waals surface area contributed by atoms with Crippen LogP contribution in [0.3, 0.4) is 0 Å². The van der Waals surface area contributed by atoms with Crippen molar-refractivity contribution in [1.29, 1.82) is 0 Å². The monoisotopic (exact) mass is 648 g/mol. The molecule has 0 saturated heterocycles. The quantitative estimate of drug-likeness (QED) is 0.223. The molecule has 254 valence electrons. The van der Waals surface area contributed by atoms with Gasteiger partial charge in [-0.05, 0) is 95.3 Å². The van der Waals surface area contributed by atoms with E-state index in [1.54, 1.807) is 32.5 Å². The van der Waals surface area contributed by atoms with Gasteiger partial charge in [0.25, 0.3) is 0 Å². The summed E-state index contributed by atoms with van der Waals surface area (Å²) in [6.07, 6.45) is 7.66. The second-order valence-corrected chi connectivity index (χ2v) is 16.8. The van der Waals surface area contributed by atoms with Gasteiger partial charge in [0.15, 0.2) is 0 Å². The average Bonchev–Trinajstić information content (AvgIpc) is 3.33. The van der Waals surface area contributed by atoms with Crippen LogP contribution in [0.15, 0.2) is 12.7 Å². The summed E-state index contributed by atoms with van der Waals surface area (Å²) in [6.45, 7) is 16.1. The number of aliphatic hydroxyl groups is 1. The van der Waals surface area contributed by atoms with Crippen LogP contribution >= 0.6 is 11.8 Å². The zero-order chi connectivity index (χ0) is 33.2. The molecule has 0 aromatic rings. The van der Waals surface area contributed by atoms with Crippen LogP contribution in [0.1, 0.15) is 99.3 Å². The van der Waals surface area contributed by atoms with Crippen molar-refractivity contribution in [3.63, 3.8) is 0 Å². The first-order valence-corrected chi connectivity index (χ1v) is 18.0. The van der Waals surface area contributed by atoms with E-state index in [2.05, 4.69) is 31.1 Å². The van der Waals surface area contributed by atoms with Gasteiger partial charge in [-0.2, -0.15) is 0 Å². The Balaban J connectivity index is 1.27. The van der Waals surface area contributed by atoms with E-state index in [4.69, 9.17) is 9.47 Å². The highest BCUT2D eigenvalue weighted by Gasteiger charge is 2.63. The first kappa shape index (κ1) is 35.8. The SMILES string of the molecule is C=C[C@@]1(C)C[C@@H](OC(=O)CSC2CCC(CNC(=O)CNC(=O)OC(C)(C)C)CC2)C2C3C(=O)CC[C@@]3(CC[C@H]2C)[C@@H](C)[C@@H]1O. The van der Waals surface area contributed by atoms with Crippen LogP contribution in [0.2, 0.25) is 0 Å². The van der Waals surface area contributed by atoms with Gasteiger partial charge in [-0.25, -0.2) is 4.79 Å². The number of alkyl carbamates (subject to hydrolysis) is 1. The van der Waals surface area contributed by atoms with Crippen molar-refractivity contribution in [1.82, 2.24) is 10.6 Å². The summed E-state index contributed by atoms with van der Waals surface area (Å²) >= 11 is 1.64. The van der Waals surface area contributed by atoms with Crippen LogP contribution in [-0.2, 0) is 23.9 Å². The Kier molecular flexibility index (Phi) is 11.4. The van der Waals surface area contributed by atoms with E-state index in [-0.39, 0.29) is 59.0 Å². The highest BCUT2D eigenvalue weighted by molar-refractivity contribution is 8.00. The van der Waals surface area contributed by atoms with Gasteiger partial charge < -0.3 is 25.2 Å². The van der Waals surface area contributed by atoms with Gasteiger partial charge in [-0.3, -0.25) is 14.4 Å². The molecule has 10 heteroatoms. The molecule has 0 aromatic carbocycles. The first-order valence-electron chi connectivity index (χ1n) is 17.0. The van der Waals surface area contributed by atoms with Crippen LogP contribution < -0.4 is 10.6 Å². The highest BCUT2D eigenvalue weighted by Crippen LogP contribution is 2.63. The Labute approximate surface area is 273 Å². The topological polar surface area (TPSA) is 131 Å². The summed E-state index contributed by atoms with van der Waals surface area (Å²) < 4.78 is 11.5. The molecule has 0 spiro atoms. The lowest BCUT2D eigenvalue weighted by Gasteiger charge is -2.57. The van der Waals surface area contributed by atoms with Gasteiger partial charge in [0, 0.05) is 35.5 Å². The van der Waals surface area contributed by atoms with E-state index in [0.717, 1.165) is 44.9 Å². The maximum Gasteiger partial charge on any atom is 0.408 e. The van der Waals surface area contributed by atoms with Crippen LogP contribution in [-0.4, -0.2) is 70.8 Å². The molecule has 45 heavy (non-hydrogen) atoms. The standard InChI is InChI=1S/C35H56N2O7S/c1-8-34(7)17-26(29-21(2)13-15-35(22(3)31(34)41)16-14-25(38)30(29)35)43-28(40)20-45-24-11-9-23(10-12-24)18-36-27(39)19-37-32(42)44-33(4,5)6/h8,21-24,26,29-31,41H,1,9-20H2,2-7H3,(H,36,39)(H,37,42)/t21-,22+,23?,24?,26-,29?,30?,31+,34+,35+/m1/s1. The van der Waals surface area contributed by atoms with E-state index in [1.165, 1.54) is 0 Å². The molecule has 9 nitrogen and oxygen atoms in total. The van der Waals surface area contributed by atoms with E-state index in [9.17, 15) is 24.3 Å². The van der Waals surface area contributed by atoms with Crippen molar-refractivity contribution in [2.24, 2.45) is 40.4 Å². The van der Waals surface area contributed by atoms with E-state index in [1.807, 2.05) is 13.0 Å². The third-order valence-electron chi connectivity index (χ3n) is 11.4. The summed E-state index contributed by atoms with van der Waals surface area (Å²) in [5, 5.41) is 17.4. The number of hydrogen-bond acceptors (Lipinski definition) is 8. The number of esters is 1. The van der Waals surface area contributed by atoms with E-state index < -0.39 is 29.3 Å². The Morgan fingerprint density at radius 3 is 2.42 bits per heavy atom. The van der Waals surface area contributed by atoms with Crippen molar-refractivity contribution < 1.29 is 33.8 Å². The number of aliphatic hydroxyl groups excluding tert-OH is 1. The third kappa shape index (κ3) is 8.27.